The van der Waals surface area contributed by atoms with Crippen LogP contribution in [0.2, 0.25) is 0 Å². The maximum absolute atomic E-state index is 13.8. The molecule has 0 bridgehead atoms. The highest BCUT2D eigenvalue weighted by Crippen LogP contribution is 2.08. The second-order valence-corrected chi connectivity index (χ2v) is 13.8. The van der Waals surface area contributed by atoms with Crippen LogP contribution in [0.3, 0.4) is 0 Å². The highest BCUT2D eigenvalue weighted by atomic mass is 32.1. The Hall–Kier alpha value is -6.00. The molecule has 0 saturated heterocycles. The van der Waals surface area contributed by atoms with Crippen molar-refractivity contribution in [1.29, 1.82) is 10.8 Å². The van der Waals surface area contributed by atoms with E-state index in [1.165, 1.54) is 0 Å². The summed E-state index contributed by atoms with van der Waals surface area (Å²) >= 11 is 3.85. The van der Waals surface area contributed by atoms with E-state index in [-0.39, 0.29) is 69.9 Å². The van der Waals surface area contributed by atoms with Crippen LogP contribution in [0.25, 0.3) is 0 Å². The Bertz CT molecular complexity index is 1540. The van der Waals surface area contributed by atoms with Gasteiger partial charge in [0.25, 0.3) is 0 Å². The van der Waals surface area contributed by atoms with Crippen molar-refractivity contribution in [1.82, 2.24) is 47.9 Å². The van der Waals surface area contributed by atoms with Crippen LogP contribution in [0.1, 0.15) is 58.3 Å². The van der Waals surface area contributed by atoms with E-state index in [1.54, 1.807) is 0 Å². The number of aliphatic hydroxyl groups is 1. The molecule has 0 aromatic heterocycles. The number of guanidine groups is 2. The van der Waals surface area contributed by atoms with E-state index in [0.29, 0.717) is 6.42 Å². The predicted molar refractivity (Wildman–Crippen MR) is 220 cm³/mol. The molecule has 0 saturated carbocycles. The average molecular weight is 892 g/mol. The van der Waals surface area contributed by atoms with Crippen LogP contribution in [0.5, 0.6) is 0 Å². The molecule has 0 aliphatic carbocycles. The van der Waals surface area contributed by atoms with Crippen molar-refractivity contribution in [3.8, 4) is 0 Å². The topological polar surface area (TPSA) is 474 Å². The Morgan fingerprint density at radius 2 is 1.05 bits per heavy atom. The number of nitrogens with one attached hydrogen (secondary N) is 11. The number of aliphatic hydroxyl groups excluding tert-OH is 1. The highest BCUT2D eigenvalue weighted by molar-refractivity contribution is 7.80. The van der Waals surface area contributed by atoms with Gasteiger partial charge in [0.1, 0.15) is 36.3 Å². The first-order valence-corrected chi connectivity index (χ1v) is 19.7. The summed E-state index contributed by atoms with van der Waals surface area (Å²) in [5, 5.41) is 65.0. The van der Waals surface area contributed by atoms with Crippen molar-refractivity contribution in [2.75, 3.05) is 38.5 Å². The number of hydrogen-bond donors (Lipinski definition) is 19. The lowest BCUT2D eigenvalue weighted by molar-refractivity contribution is -0.141. The number of carboxylic acids is 2. The van der Waals surface area contributed by atoms with Crippen molar-refractivity contribution < 1.29 is 58.5 Å². The van der Waals surface area contributed by atoms with E-state index in [9.17, 15) is 53.4 Å². The Labute approximate surface area is 356 Å². The van der Waals surface area contributed by atoms with Crippen LogP contribution in [0.15, 0.2) is 0 Å². The van der Waals surface area contributed by atoms with Crippen LogP contribution < -0.4 is 70.8 Å². The Kier molecular flexibility index (Phi) is 27.1. The molecule has 7 amide bonds. The fraction of sp³-hybridized carbons (Fsp3) is 0.667. The molecule has 0 aliphatic heterocycles. The molecule has 61 heavy (non-hydrogen) atoms. The zero-order valence-electron chi connectivity index (χ0n) is 33.7. The van der Waals surface area contributed by atoms with Crippen molar-refractivity contribution in [2.45, 2.75) is 101 Å². The minimum Gasteiger partial charge on any atom is -0.481 e. The molecule has 0 aromatic rings. The zero-order chi connectivity index (χ0) is 46.7. The van der Waals surface area contributed by atoms with Gasteiger partial charge in [-0.3, -0.25) is 49.2 Å². The van der Waals surface area contributed by atoms with E-state index in [1.807, 2.05) is 0 Å². The SMILES string of the molecule is C[C@@H](O)[C@H](NC(=O)[C@H](CCCNC(=N)N)NC(=O)[C@H](CCCCN)NC(=O)[C@H](CC(=O)O)NC(=O)CN)C(=O)N[C@@H](CCCNC(=N)N)C(=O)NCC(=O)N[C@@H](CS)C(=O)O. The lowest BCUT2D eigenvalue weighted by atomic mass is 10.0. The number of hydrogen-bond acceptors (Lipinski definition) is 15. The lowest BCUT2D eigenvalue weighted by Crippen LogP contribution is -2.61. The van der Waals surface area contributed by atoms with Crippen molar-refractivity contribution in [2.24, 2.45) is 22.9 Å². The molecule has 0 radical (unpaired) electrons. The Morgan fingerprint density at radius 3 is 1.49 bits per heavy atom. The molecule has 0 rings (SSSR count). The molecule has 7 atom stereocenters. The quantitative estimate of drug-likeness (QED) is 0.0133. The third kappa shape index (κ3) is 24.0. The van der Waals surface area contributed by atoms with Gasteiger partial charge in [-0.15, -0.1) is 0 Å². The molecule has 0 heterocycles. The minimum atomic E-state index is -1.77. The van der Waals surface area contributed by atoms with E-state index in [0.717, 1.165) is 6.92 Å². The number of carbonyl (C=O) groups excluding carboxylic acids is 7. The number of amides is 7. The molecule has 27 nitrogen and oxygen atoms in total. The molecular weight excluding hydrogens is 831 g/mol. The number of nitrogens with two attached hydrogens (primary N) is 4. The van der Waals surface area contributed by atoms with Gasteiger partial charge in [-0.1, -0.05) is 0 Å². The van der Waals surface area contributed by atoms with Crippen molar-refractivity contribution in [3.63, 3.8) is 0 Å². The first kappa shape index (κ1) is 55.0. The number of carbonyl (C=O) groups is 9. The summed E-state index contributed by atoms with van der Waals surface area (Å²) < 4.78 is 0. The van der Waals surface area contributed by atoms with Gasteiger partial charge in [0, 0.05) is 18.8 Å². The van der Waals surface area contributed by atoms with Crippen molar-refractivity contribution in [3.05, 3.63) is 0 Å². The van der Waals surface area contributed by atoms with Gasteiger partial charge in [-0.2, -0.15) is 12.6 Å². The average Bonchev–Trinajstić information content (AvgIpc) is 3.18. The summed E-state index contributed by atoms with van der Waals surface area (Å²) in [4.78, 5) is 114. The van der Waals surface area contributed by atoms with Gasteiger partial charge in [0.2, 0.25) is 41.4 Å². The van der Waals surface area contributed by atoms with Crippen LogP contribution in [-0.4, -0.2) is 161 Å². The smallest absolute Gasteiger partial charge is 0.327 e. The molecule has 0 spiro atoms. The molecule has 22 N–H and O–H groups in total. The molecule has 0 aliphatic rings. The monoisotopic (exact) mass is 891 g/mol. The van der Waals surface area contributed by atoms with Crippen LogP contribution in [0, 0.1) is 10.8 Å². The maximum Gasteiger partial charge on any atom is 0.327 e. The fourth-order valence-corrected chi connectivity index (χ4v) is 5.43. The zero-order valence-corrected chi connectivity index (χ0v) is 34.6. The Morgan fingerprint density at radius 1 is 0.590 bits per heavy atom. The summed E-state index contributed by atoms with van der Waals surface area (Å²) in [5.41, 5.74) is 21.5. The van der Waals surface area contributed by atoms with Gasteiger partial charge in [-0.05, 0) is 58.4 Å². The molecule has 0 unspecified atom stereocenters. The van der Waals surface area contributed by atoms with Gasteiger partial charge in [0.05, 0.1) is 25.6 Å². The molecular formula is C33H61N15O12S. The summed E-state index contributed by atoms with van der Waals surface area (Å²) in [6, 6.07) is -9.07. The first-order valence-electron chi connectivity index (χ1n) is 19.0. The van der Waals surface area contributed by atoms with Crippen LogP contribution in [-0.2, 0) is 43.2 Å². The van der Waals surface area contributed by atoms with Gasteiger partial charge < -0.3 is 86.1 Å². The number of aliphatic carboxylic acids is 2. The summed E-state index contributed by atoms with van der Waals surface area (Å²) in [6.45, 7) is 0.201. The number of carboxylic acid groups (broad SMARTS) is 2. The highest BCUT2D eigenvalue weighted by Gasteiger charge is 2.34. The van der Waals surface area contributed by atoms with Crippen LogP contribution in [0.4, 0.5) is 0 Å². The van der Waals surface area contributed by atoms with Gasteiger partial charge in [0.15, 0.2) is 11.9 Å². The fourth-order valence-electron chi connectivity index (χ4n) is 5.18. The standard InChI is InChI=1S/C33H61N15O12S/c1-16(49)25(30(58)47-17(7-4-10-40-32(36)37)26(54)42-14-23(51)44-21(15-61)31(59)60)48-28(56)19(8-5-11-41-33(38)39)45-27(55)18(6-2-3-9-34)46-29(57)20(12-24(52)53)43-22(50)13-35/h16-21,25,49,61H,2-15,34-35H2,1H3,(H,42,54)(H,43,50)(H,44,51)(H,45,55)(H,46,57)(H,47,58)(H,48,56)(H,52,53)(H,59,60)(H4,36,37,40)(H4,38,39,41)/t16-,17+,18+,19+,20+,21+,25+/m1/s1. The van der Waals surface area contributed by atoms with E-state index in [2.05, 4.69) is 60.5 Å². The molecule has 0 aromatic carbocycles. The second-order valence-electron chi connectivity index (χ2n) is 13.4. The largest absolute Gasteiger partial charge is 0.481 e. The maximum atomic E-state index is 13.8. The number of unbranched alkanes of at least 4 members (excludes halogenated alkanes) is 1. The van der Waals surface area contributed by atoms with E-state index in [4.69, 9.17) is 38.9 Å². The number of thiol groups is 1. The van der Waals surface area contributed by atoms with Crippen LogP contribution >= 0.6 is 12.6 Å². The van der Waals surface area contributed by atoms with E-state index >= 15 is 0 Å². The third-order valence-electron chi connectivity index (χ3n) is 8.33. The molecule has 0 fully saturated rings. The first-order chi connectivity index (χ1) is 28.7. The lowest BCUT2D eigenvalue weighted by Gasteiger charge is -2.28. The molecule has 28 heteroatoms. The van der Waals surface area contributed by atoms with Crippen molar-refractivity contribution >= 4 is 77.8 Å². The number of rotatable bonds is 31. The summed E-state index contributed by atoms with van der Waals surface area (Å²) in [5.74, 6) is -10.6. The second kappa shape index (κ2) is 30.1. The molecule has 346 valence electrons. The summed E-state index contributed by atoms with van der Waals surface area (Å²) in [6.07, 6.45) is -1.95. The predicted octanol–water partition coefficient (Wildman–Crippen LogP) is -7.50. The third-order valence-corrected chi connectivity index (χ3v) is 8.70. The van der Waals surface area contributed by atoms with Gasteiger partial charge >= 0.3 is 11.9 Å². The van der Waals surface area contributed by atoms with Gasteiger partial charge in [-0.25, -0.2) is 4.79 Å². The normalized spacial score (nSPS) is 14.1. The Balaban J connectivity index is 6.42. The van der Waals surface area contributed by atoms with E-state index < -0.39 is 121 Å². The summed E-state index contributed by atoms with van der Waals surface area (Å²) in [7, 11) is 0. The minimum absolute atomic E-state index is 0.0442.